The second-order valence-corrected chi connectivity index (χ2v) is 3.93. The number of nitrogens with one attached hydrogen (secondary N) is 3. The summed E-state index contributed by atoms with van der Waals surface area (Å²) in [5.41, 5.74) is -3.44. The number of aliphatic carboxylic acids is 1. The molecule has 0 bridgehead atoms. The van der Waals surface area contributed by atoms with Gasteiger partial charge in [-0.1, -0.05) is 6.92 Å². The zero-order chi connectivity index (χ0) is 13.9. The summed E-state index contributed by atoms with van der Waals surface area (Å²) in [4.78, 5) is 48.9. The van der Waals surface area contributed by atoms with Gasteiger partial charge in [0, 0.05) is 6.20 Å². The number of hydrogen-bond acceptors (Lipinski definition) is 4. The monoisotopic (exact) mass is 255 g/mol. The molecule has 0 aliphatic heterocycles. The molecule has 0 aromatic carbocycles. The average molecular weight is 255 g/mol. The highest BCUT2D eigenvalue weighted by Crippen LogP contribution is 2.09. The average Bonchev–Trinajstić information content (AvgIpc) is 2.28. The molecular formula is C10H13N3O5. The molecule has 98 valence electrons. The standard InChI is InChI=1S/C10H13N3O5/c1-3-10(2,8(16)17)13-7(15)5-4-11-9(18)12-6(5)14/h4H,3H2,1-2H3,(H,13,15)(H,16,17)(H2,11,12,14,18). The van der Waals surface area contributed by atoms with Crippen LogP contribution in [-0.2, 0) is 4.79 Å². The molecule has 0 aliphatic carbocycles. The number of aromatic nitrogens is 2. The van der Waals surface area contributed by atoms with Gasteiger partial charge >= 0.3 is 11.7 Å². The fraction of sp³-hybridized carbons (Fsp3) is 0.400. The molecule has 1 heterocycles. The summed E-state index contributed by atoms with van der Waals surface area (Å²) in [6.45, 7) is 2.92. The SMILES string of the molecule is CCC(C)(NC(=O)c1c[nH]c(=O)[nH]c1=O)C(=O)O. The van der Waals surface area contributed by atoms with Crippen LogP contribution in [0.5, 0.6) is 0 Å². The third kappa shape index (κ3) is 2.65. The fourth-order valence-corrected chi connectivity index (χ4v) is 1.19. The van der Waals surface area contributed by atoms with Crippen molar-refractivity contribution in [2.45, 2.75) is 25.8 Å². The van der Waals surface area contributed by atoms with E-state index in [-0.39, 0.29) is 12.0 Å². The van der Waals surface area contributed by atoms with Gasteiger partial charge in [-0.25, -0.2) is 9.59 Å². The quantitative estimate of drug-likeness (QED) is 0.550. The second-order valence-electron chi connectivity index (χ2n) is 3.93. The summed E-state index contributed by atoms with van der Waals surface area (Å²) < 4.78 is 0. The molecule has 1 amide bonds. The summed E-state index contributed by atoms with van der Waals surface area (Å²) in [5.74, 6) is -2.07. The summed E-state index contributed by atoms with van der Waals surface area (Å²) in [6.07, 6.45) is 1.09. The van der Waals surface area contributed by atoms with Crippen LogP contribution in [0.2, 0.25) is 0 Å². The molecule has 4 N–H and O–H groups in total. The van der Waals surface area contributed by atoms with E-state index >= 15 is 0 Å². The van der Waals surface area contributed by atoms with E-state index in [2.05, 4.69) is 10.3 Å². The summed E-state index contributed by atoms with van der Waals surface area (Å²) in [7, 11) is 0. The minimum absolute atomic E-state index is 0.148. The highest BCUT2D eigenvalue weighted by atomic mass is 16.4. The minimum atomic E-state index is -1.47. The number of H-pyrrole nitrogens is 2. The van der Waals surface area contributed by atoms with E-state index in [4.69, 9.17) is 5.11 Å². The predicted octanol–water partition coefficient (Wildman–Crippen LogP) is -0.954. The Balaban J connectivity index is 3.06. The summed E-state index contributed by atoms with van der Waals surface area (Å²) in [5, 5.41) is 11.2. The van der Waals surface area contributed by atoms with Crippen molar-refractivity contribution in [2.75, 3.05) is 0 Å². The Labute approximate surface area is 101 Å². The molecule has 1 atom stereocenters. The minimum Gasteiger partial charge on any atom is -0.480 e. The maximum atomic E-state index is 11.7. The van der Waals surface area contributed by atoms with Gasteiger partial charge in [-0.15, -0.1) is 0 Å². The van der Waals surface area contributed by atoms with Crippen molar-refractivity contribution in [1.82, 2.24) is 15.3 Å². The van der Waals surface area contributed by atoms with E-state index in [1.54, 1.807) is 6.92 Å². The lowest BCUT2D eigenvalue weighted by atomic mass is 9.99. The van der Waals surface area contributed by atoms with Crippen molar-refractivity contribution in [1.29, 1.82) is 0 Å². The van der Waals surface area contributed by atoms with Crippen molar-refractivity contribution in [3.05, 3.63) is 32.6 Å². The molecule has 0 saturated heterocycles. The summed E-state index contributed by atoms with van der Waals surface area (Å²) >= 11 is 0. The molecule has 1 aromatic heterocycles. The zero-order valence-electron chi connectivity index (χ0n) is 9.86. The molecule has 8 nitrogen and oxygen atoms in total. The van der Waals surface area contributed by atoms with Crippen LogP contribution in [0, 0.1) is 0 Å². The van der Waals surface area contributed by atoms with Crippen LogP contribution >= 0.6 is 0 Å². The van der Waals surface area contributed by atoms with Gasteiger partial charge in [0.15, 0.2) is 0 Å². The Morgan fingerprint density at radius 2 is 2.06 bits per heavy atom. The van der Waals surface area contributed by atoms with Gasteiger partial charge in [0.1, 0.15) is 11.1 Å². The maximum absolute atomic E-state index is 11.7. The molecule has 8 heteroatoms. The number of carbonyl (C=O) groups is 2. The van der Waals surface area contributed by atoms with E-state index in [9.17, 15) is 19.2 Å². The van der Waals surface area contributed by atoms with Crippen molar-refractivity contribution in [2.24, 2.45) is 0 Å². The molecule has 0 aliphatic rings. The van der Waals surface area contributed by atoms with Crippen LogP contribution in [0.4, 0.5) is 0 Å². The van der Waals surface area contributed by atoms with E-state index in [0.29, 0.717) is 0 Å². The largest absolute Gasteiger partial charge is 0.480 e. The first-order chi connectivity index (χ1) is 8.30. The molecule has 1 rings (SSSR count). The number of carboxylic acid groups (broad SMARTS) is 1. The Hall–Kier alpha value is -2.38. The third-order valence-corrected chi connectivity index (χ3v) is 2.63. The maximum Gasteiger partial charge on any atom is 0.329 e. The van der Waals surface area contributed by atoms with Gasteiger partial charge in [0.05, 0.1) is 0 Å². The molecular weight excluding hydrogens is 242 g/mol. The topological polar surface area (TPSA) is 132 Å². The van der Waals surface area contributed by atoms with Crippen LogP contribution in [0.3, 0.4) is 0 Å². The van der Waals surface area contributed by atoms with Crippen LogP contribution in [-0.4, -0.2) is 32.5 Å². The Morgan fingerprint density at radius 3 is 2.50 bits per heavy atom. The number of hydrogen-bond donors (Lipinski definition) is 4. The fourth-order valence-electron chi connectivity index (χ4n) is 1.19. The lowest BCUT2D eigenvalue weighted by Crippen LogP contribution is -2.52. The Bertz CT molecular complexity index is 588. The third-order valence-electron chi connectivity index (χ3n) is 2.63. The Morgan fingerprint density at radius 1 is 1.44 bits per heavy atom. The second kappa shape index (κ2) is 4.86. The van der Waals surface area contributed by atoms with Gasteiger partial charge < -0.3 is 15.4 Å². The molecule has 18 heavy (non-hydrogen) atoms. The van der Waals surface area contributed by atoms with Crippen molar-refractivity contribution in [3.8, 4) is 0 Å². The zero-order valence-corrected chi connectivity index (χ0v) is 9.86. The van der Waals surface area contributed by atoms with Crippen LogP contribution in [0.15, 0.2) is 15.8 Å². The van der Waals surface area contributed by atoms with Gasteiger partial charge in [0.25, 0.3) is 11.5 Å². The molecule has 1 aromatic rings. The van der Waals surface area contributed by atoms with E-state index in [0.717, 1.165) is 6.20 Å². The Kier molecular flexibility index (Phi) is 3.70. The highest BCUT2D eigenvalue weighted by molar-refractivity contribution is 5.97. The first-order valence-electron chi connectivity index (χ1n) is 5.18. The molecule has 0 fully saturated rings. The van der Waals surface area contributed by atoms with Crippen LogP contribution in [0.1, 0.15) is 30.6 Å². The number of rotatable bonds is 4. The lowest BCUT2D eigenvalue weighted by molar-refractivity contribution is -0.143. The lowest BCUT2D eigenvalue weighted by Gasteiger charge is -2.24. The highest BCUT2D eigenvalue weighted by Gasteiger charge is 2.33. The number of carbonyl (C=O) groups excluding carboxylic acids is 1. The normalized spacial score (nSPS) is 13.7. The first kappa shape index (κ1) is 13.7. The molecule has 0 spiro atoms. The van der Waals surface area contributed by atoms with Crippen molar-refractivity contribution in [3.63, 3.8) is 0 Å². The van der Waals surface area contributed by atoms with Crippen LogP contribution < -0.4 is 16.6 Å². The van der Waals surface area contributed by atoms with Gasteiger partial charge in [-0.2, -0.15) is 0 Å². The van der Waals surface area contributed by atoms with Crippen LogP contribution in [0.25, 0.3) is 0 Å². The van der Waals surface area contributed by atoms with Crippen molar-refractivity contribution >= 4 is 11.9 Å². The molecule has 0 radical (unpaired) electrons. The predicted molar refractivity (Wildman–Crippen MR) is 61.5 cm³/mol. The molecule has 0 saturated carbocycles. The number of amides is 1. The van der Waals surface area contributed by atoms with E-state index in [1.165, 1.54) is 6.92 Å². The first-order valence-corrected chi connectivity index (χ1v) is 5.18. The van der Waals surface area contributed by atoms with E-state index in [1.807, 2.05) is 4.98 Å². The smallest absolute Gasteiger partial charge is 0.329 e. The van der Waals surface area contributed by atoms with Gasteiger partial charge in [0.2, 0.25) is 0 Å². The molecule has 1 unspecified atom stereocenters. The van der Waals surface area contributed by atoms with Crippen molar-refractivity contribution < 1.29 is 14.7 Å². The number of carboxylic acids is 1. The van der Waals surface area contributed by atoms with E-state index < -0.39 is 28.7 Å². The van der Waals surface area contributed by atoms with Gasteiger partial charge in [-0.3, -0.25) is 14.6 Å². The number of aromatic amines is 2. The van der Waals surface area contributed by atoms with Gasteiger partial charge in [-0.05, 0) is 13.3 Å². The summed E-state index contributed by atoms with van der Waals surface area (Å²) in [6, 6.07) is 0.